The summed E-state index contributed by atoms with van der Waals surface area (Å²) in [6.45, 7) is -0.0616. The van der Waals surface area contributed by atoms with Crippen LogP contribution in [0.3, 0.4) is 0 Å². The van der Waals surface area contributed by atoms with E-state index >= 15 is 0 Å². The van der Waals surface area contributed by atoms with Crippen LogP contribution in [0.2, 0.25) is 5.02 Å². The van der Waals surface area contributed by atoms with E-state index in [-0.39, 0.29) is 30.3 Å². The van der Waals surface area contributed by atoms with Gasteiger partial charge in [-0.2, -0.15) is 13.2 Å². The van der Waals surface area contributed by atoms with E-state index in [1.54, 1.807) is 0 Å². The quantitative estimate of drug-likeness (QED) is 0.924. The molecule has 1 fully saturated rings. The van der Waals surface area contributed by atoms with E-state index in [0.29, 0.717) is 6.42 Å². The summed E-state index contributed by atoms with van der Waals surface area (Å²) in [5, 5.41) is 2.12. The normalized spacial score (nSPS) is 18.2. The Morgan fingerprint density at radius 2 is 2.14 bits per heavy atom. The van der Waals surface area contributed by atoms with Crippen molar-refractivity contribution in [2.75, 3.05) is 7.05 Å². The van der Waals surface area contributed by atoms with Crippen molar-refractivity contribution in [3.63, 3.8) is 0 Å². The Bertz CT molecular complexity index is 604. The Kier molecular flexibility index (Phi) is 4.65. The molecule has 0 unspecified atom stereocenters. The molecule has 1 aliphatic heterocycles. The fourth-order valence-electron chi connectivity index (χ4n) is 2.32. The highest BCUT2D eigenvalue weighted by Gasteiger charge is 2.34. The van der Waals surface area contributed by atoms with Crippen molar-refractivity contribution in [2.45, 2.75) is 31.6 Å². The number of carbonyl (C=O) groups is 2. The summed E-state index contributed by atoms with van der Waals surface area (Å²) in [6.07, 6.45) is -3.89. The Morgan fingerprint density at radius 3 is 2.68 bits per heavy atom. The minimum atomic E-state index is -4.55. The first-order chi connectivity index (χ1) is 10.2. The SMILES string of the molecule is [11CH3]N(Cc1cccc(C(F)(F)F)c1Cl)C(=O)[C@@H]1CCC(=O)N1. The first kappa shape index (κ1) is 16.6. The number of rotatable bonds is 3. The predicted molar refractivity (Wildman–Crippen MR) is 74.1 cm³/mol. The lowest BCUT2D eigenvalue weighted by Crippen LogP contribution is -2.42. The molecule has 2 amide bonds. The van der Waals surface area contributed by atoms with Crippen LogP contribution < -0.4 is 5.32 Å². The molecule has 1 atom stereocenters. The molecular formula is C14H14ClF3N2O2. The van der Waals surface area contributed by atoms with E-state index in [1.165, 1.54) is 24.1 Å². The van der Waals surface area contributed by atoms with Gasteiger partial charge in [0, 0.05) is 20.0 Å². The molecule has 120 valence electrons. The maximum absolute atomic E-state index is 12.8. The van der Waals surface area contributed by atoms with E-state index in [1.807, 2.05) is 0 Å². The first-order valence-electron chi connectivity index (χ1n) is 6.59. The molecule has 8 heteroatoms. The molecule has 0 saturated carbocycles. The molecule has 0 aliphatic carbocycles. The molecule has 0 radical (unpaired) electrons. The topological polar surface area (TPSA) is 49.4 Å². The number of amides is 2. The highest BCUT2D eigenvalue weighted by atomic mass is 35.5. The molecule has 0 spiro atoms. The molecule has 1 heterocycles. The lowest BCUT2D eigenvalue weighted by Gasteiger charge is -2.22. The van der Waals surface area contributed by atoms with Crippen molar-refractivity contribution in [2.24, 2.45) is 0 Å². The molecule has 1 aliphatic rings. The van der Waals surface area contributed by atoms with E-state index in [9.17, 15) is 22.8 Å². The van der Waals surface area contributed by atoms with Gasteiger partial charge in [0.2, 0.25) is 11.8 Å². The van der Waals surface area contributed by atoms with Gasteiger partial charge in [0.15, 0.2) is 0 Å². The number of hydrogen-bond donors (Lipinski definition) is 1. The van der Waals surface area contributed by atoms with Gasteiger partial charge in [-0.3, -0.25) is 9.59 Å². The van der Waals surface area contributed by atoms with Gasteiger partial charge >= 0.3 is 6.18 Å². The Balaban J connectivity index is 2.13. The fourth-order valence-corrected chi connectivity index (χ4v) is 2.61. The zero-order valence-electron chi connectivity index (χ0n) is 11.7. The van der Waals surface area contributed by atoms with Gasteiger partial charge < -0.3 is 10.2 Å². The molecule has 1 N–H and O–H groups in total. The van der Waals surface area contributed by atoms with Crippen LogP contribution in [0.1, 0.15) is 24.0 Å². The predicted octanol–water partition coefficient (Wildman–Crippen LogP) is 2.60. The van der Waals surface area contributed by atoms with E-state index in [2.05, 4.69) is 5.32 Å². The van der Waals surface area contributed by atoms with Crippen LogP contribution in [0.5, 0.6) is 0 Å². The van der Waals surface area contributed by atoms with Gasteiger partial charge in [-0.05, 0) is 18.1 Å². The minimum Gasteiger partial charge on any atom is -0.344 e. The molecule has 4 nitrogen and oxygen atoms in total. The van der Waals surface area contributed by atoms with Crippen LogP contribution in [0, 0.1) is 0 Å². The summed E-state index contributed by atoms with van der Waals surface area (Å²) in [7, 11) is 1.46. The van der Waals surface area contributed by atoms with Crippen LogP contribution in [-0.2, 0) is 22.3 Å². The lowest BCUT2D eigenvalue weighted by atomic mass is 10.1. The number of nitrogens with one attached hydrogen (secondary N) is 1. The third-order valence-corrected chi connectivity index (χ3v) is 3.91. The van der Waals surface area contributed by atoms with Crippen LogP contribution in [0.15, 0.2) is 18.2 Å². The average molecular weight is 334 g/mol. The van der Waals surface area contributed by atoms with Crippen molar-refractivity contribution < 1.29 is 22.8 Å². The highest BCUT2D eigenvalue weighted by Crippen LogP contribution is 2.36. The summed E-state index contributed by atoms with van der Waals surface area (Å²) < 4.78 is 38.4. The number of nitrogens with zero attached hydrogens (tertiary/aromatic N) is 1. The van der Waals surface area contributed by atoms with E-state index in [4.69, 9.17) is 11.6 Å². The van der Waals surface area contributed by atoms with Crippen LogP contribution in [-0.4, -0.2) is 29.8 Å². The smallest absolute Gasteiger partial charge is 0.344 e. The summed E-state index contributed by atoms with van der Waals surface area (Å²) in [4.78, 5) is 24.5. The number of hydrogen-bond acceptors (Lipinski definition) is 2. The number of halogens is 4. The molecule has 22 heavy (non-hydrogen) atoms. The Hall–Kier alpha value is -1.76. The molecule has 1 saturated heterocycles. The fraction of sp³-hybridized carbons (Fsp3) is 0.429. The van der Waals surface area contributed by atoms with E-state index in [0.717, 1.165) is 6.07 Å². The van der Waals surface area contributed by atoms with Crippen LogP contribution in [0.25, 0.3) is 0 Å². The summed E-state index contributed by atoms with van der Waals surface area (Å²) in [6, 6.07) is 2.96. The van der Waals surface area contributed by atoms with Gasteiger partial charge in [-0.1, -0.05) is 23.7 Å². The van der Waals surface area contributed by atoms with Crippen molar-refractivity contribution in [3.05, 3.63) is 34.3 Å². The Labute approximate surface area is 130 Å². The van der Waals surface area contributed by atoms with Crippen molar-refractivity contribution in [3.8, 4) is 0 Å². The third kappa shape index (κ3) is 3.52. The molecule has 1 aromatic carbocycles. The lowest BCUT2D eigenvalue weighted by molar-refractivity contribution is -0.137. The third-order valence-electron chi connectivity index (χ3n) is 3.46. The second kappa shape index (κ2) is 6.16. The van der Waals surface area contributed by atoms with Gasteiger partial charge in [-0.25, -0.2) is 0 Å². The maximum Gasteiger partial charge on any atom is 0.417 e. The summed E-state index contributed by atoms with van der Waals surface area (Å²) >= 11 is 5.80. The zero-order chi connectivity index (χ0) is 16.5. The van der Waals surface area contributed by atoms with E-state index < -0.39 is 22.8 Å². The molecule has 0 bridgehead atoms. The van der Waals surface area contributed by atoms with Gasteiger partial charge in [0.1, 0.15) is 6.04 Å². The van der Waals surface area contributed by atoms with Crippen molar-refractivity contribution in [1.29, 1.82) is 0 Å². The first-order valence-corrected chi connectivity index (χ1v) is 6.97. The average Bonchev–Trinajstić information content (AvgIpc) is 2.85. The maximum atomic E-state index is 12.8. The van der Waals surface area contributed by atoms with Gasteiger partial charge in [0.05, 0.1) is 10.6 Å². The number of likely N-dealkylation sites (N-methyl/N-ethyl adjacent to an activating group) is 1. The number of benzene rings is 1. The second-order valence-corrected chi connectivity index (χ2v) is 5.51. The molecule has 1 aromatic rings. The second-order valence-electron chi connectivity index (χ2n) is 5.13. The van der Waals surface area contributed by atoms with Crippen LogP contribution in [0.4, 0.5) is 13.2 Å². The molecule has 0 aromatic heterocycles. The van der Waals surface area contributed by atoms with Crippen molar-refractivity contribution >= 4 is 23.4 Å². The number of carbonyl (C=O) groups excluding carboxylic acids is 2. The van der Waals surface area contributed by atoms with Gasteiger partial charge in [0.25, 0.3) is 0 Å². The Morgan fingerprint density at radius 1 is 1.45 bits per heavy atom. The highest BCUT2D eigenvalue weighted by molar-refractivity contribution is 6.32. The largest absolute Gasteiger partial charge is 0.417 e. The molecular weight excluding hydrogens is 320 g/mol. The zero-order valence-corrected chi connectivity index (χ0v) is 12.5. The standard InChI is InChI=1S/C14H14ClF3N2O2/c1-20(13(22)10-5-6-11(21)19-10)7-8-3-2-4-9(12(8)15)14(16,17)18/h2-4,10H,5-7H2,1H3,(H,19,21)/t10-/m0/s1/i1-1. The van der Waals surface area contributed by atoms with Crippen molar-refractivity contribution in [1.82, 2.24) is 10.2 Å². The number of alkyl halides is 3. The summed E-state index contributed by atoms with van der Waals surface area (Å²) in [5.41, 5.74) is -0.724. The van der Waals surface area contributed by atoms with Crippen LogP contribution >= 0.6 is 11.6 Å². The monoisotopic (exact) mass is 333 g/mol. The minimum absolute atomic E-state index is 0.0616. The van der Waals surface area contributed by atoms with Gasteiger partial charge in [-0.15, -0.1) is 0 Å². The molecule has 2 rings (SSSR count). The summed E-state index contributed by atoms with van der Waals surface area (Å²) in [5.74, 6) is -0.553.